The summed E-state index contributed by atoms with van der Waals surface area (Å²) < 4.78 is 25.7. The van der Waals surface area contributed by atoms with Crippen LogP contribution in [0.15, 0.2) is 29.2 Å². The Bertz CT molecular complexity index is 609. The highest BCUT2D eigenvalue weighted by atomic mass is 32.2. The van der Waals surface area contributed by atoms with Gasteiger partial charge < -0.3 is 5.11 Å². The summed E-state index contributed by atoms with van der Waals surface area (Å²) in [5.41, 5.74) is 0.276. The smallest absolute Gasteiger partial charge is 0.318 e. The number of hydrogen-bond acceptors (Lipinski definition) is 4. The topological polar surface area (TPSA) is 91.8 Å². The van der Waals surface area contributed by atoms with E-state index in [1.165, 1.54) is 31.2 Å². The Morgan fingerprint density at radius 1 is 1.30 bits per heavy atom. The van der Waals surface area contributed by atoms with Crippen LogP contribution in [0.1, 0.15) is 30.6 Å². The van der Waals surface area contributed by atoms with E-state index >= 15 is 0 Å². The molecule has 0 saturated heterocycles. The Labute approximate surface area is 118 Å². The van der Waals surface area contributed by atoms with Crippen LogP contribution < -0.4 is 0 Å². The molecular formula is C13H17NO5S. The zero-order valence-electron chi connectivity index (χ0n) is 11.4. The van der Waals surface area contributed by atoms with Gasteiger partial charge >= 0.3 is 5.97 Å². The molecule has 110 valence electrons. The minimum atomic E-state index is -3.91. The van der Waals surface area contributed by atoms with Gasteiger partial charge in [0.15, 0.2) is 5.78 Å². The lowest BCUT2D eigenvalue weighted by molar-refractivity contribution is -0.137. The second-order valence-electron chi connectivity index (χ2n) is 4.32. The van der Waals surface area contributed by atoms with Crippen LogP contribution in [0.5, 0.6) is 0 Å². The van der Waals surface area contributed by atoms with E-state index in [-0.39, 0.29) is 22.8 Å². The van der Waals surface area contributed by atoms with Crippen molar-refractivity contribution in [2.24, 2.45) is 0 Å². The van der Waals surface area contributed by atoms with Crippen LogP contribution in [-0.2, 0) is 14.8 Å². The third-order valence-corrected chi connectivity index (χ3v) is 4.50. The molecule has 0 radical (unpaired) electrons. The van der Waals surface area contributed by atoms with Gasteiger partial charge in [-0.1, -0.05) is 19.1 Å². The van der Waals surface area contributed by atoms with E-state index < -0.39 is 22.5 Å². The van der Waals surface area contributed by atoms with Crippen molar-refractivity contribution in [3.63, 3.8) is 0 Å². The van der Waals surface area contributed by atoms with Gasteiger partial charge in [0.2, 0.25) is 10.0 Å². The average molecular weight is 299 g/mol. The number of carbonyl (C=O) groups is 2. The van der Waals surface area contributed by atoms with Gasteiger partial charge in [0.05, 0.1) is 4.90 Å². The Balaban J connectivity index is 3.21. The maximum Gasteiger partial charge on any atom is 0.318 e. The van der Waals surface area contributed by atoms with Crippen LogP contribution in [0.3, 0.4) is 0 Å². The molecule has 1 aromatic carbocycles. The summed E-state index contributed by atoms with van der Waals surface area (Å²) >= 11 is 0. The number of ketones is 1. The molecule has 0 spiro atoms. The predicted octanol–water partition coefficient (Wildman–Crippen LogP) is 1.37. The first-order valence-corrected chi connectivity index (χ1v) is 7.56. The molecule has 1 aromatic rings. The number of carboxylic acids is 1. The van der Waals surface area contributed by atoms with Gasteiger partial charge in [0.25, 0.3) is 0 Å². The van der Waals surface area contributed by atoms with Crippen LogP contribution in [0.25, 0.3) is 0 Å². The summed E-state index contributed by atoms with van der Waals surface area (Å²) in [6, 6.07) is 5.60. The summed E-state index contributed by atoms with van der Waals surface area (Å²) in [5, 5.41) is 8.80. The third kappa shape index (κ3) is 3.88. The summed E-state index contributed by atoms with van der Waals surface area (Å²) in [4.78, 5) is 22.0. The molecule has 0 unspecified atom stereocenters. The van der Waals surface area contributed by atoms with Crippen molar-refractivity contribution in [3.8, 4) is 0 Å². The summed E-state index contributed by atoms with van der Waals surface area (Å²) in [6.45, 7) is 2.61. The minimum Gasteiger partial charge on any atom is -0.480 e. The normalized spacial score (nSPS) is 11.6. The highest BCUT2D eigenvalue weighted by molar-refractivity contribution is 7.89. The number of benzene rings is 1. The first kappa shape index (κ1) is 16.3. The molecule has 0 aliphatic carbocycles. The molecule has 0 amide bonds. The van der Waals surface area contributed by atoms with Crippen molar-refractivity contribution in [3.05, 3.63) is 29.8 Å². The fourth-order valence-electron chi connectivity index (χ4n) is 1.71. The molecule has 1 N–H and O–H groups in total. The van der Waals surface area contributed by atoms with Crippen molar-refractivity contribution in [1.29, 1.82) is 0 Å². The number of nitrogens with zero attached hydrogens (tertiary/aromatic N) is 1. The molecule has 0 fully saturated rings. The molecule has 0 aromatic heterocycles. The summed E-state index contributed by atoms with van der Waals surface area (Å²) in [7, 11) is -3.91. The van der Waals surface area contributed by atoms with Gasteiger partial charge in [-0.15, -0.1) is 0 Å². The van der Waals surface area contributed by atoms with E-state index in [2.05, 4.69) is 0 Å². The lowest BCUT2D eigenvalue weighted by Crippen LogP contribution is -2.36. The maximum atomic E-state index is 12.4. The maximum absolute atomic E-state index is 12.4. The van der Waals surface area contributed by atoms with Crippen LogP contribution in [0.2, 0.25) is 0 Å². The van der Waals surface area contributed by atoms with Crippen molar-refractivity contribution in [2.75, 3.05) is 13.1 Å². The fourth-order valence-corrected chi connectivity index (χ4v) is 3.24. The van der Waals surface area contributed by atoms with Crippen LogP contribution in [0.4, 0.5) is 0 Å². The minimum absolute atomic E-state index is 0.0695. The second-order valence-corrected chi connectivity index (χ2v) is 6.25. The highest BCUT2D eigenvalue weighted by Crippen LogP contribution is 2.17. The Morgan fingerprint density at radius 3 is 2.45 bits per heavy atom. The Hall–Kier alpha value is -1.73. The fraction of sp³-hybridized carbons (Fsp3) is 0.385. The van der Waals surface area contributed by atoms with E-state index in [0.29, 0.717) is 6.42 Å². The van der Waals surface area contributed by atoms with Crippen molar-refractivity contribution in [1.82, 2.24) is 4.31 Å². The van der Waals surface area contributed by atoms with Crippen LogP contribution in [-0.4, -0.2) is 42.7 Å². The standard InChI is InChI=1S/C13H17NO5S/c1-3-7-14(9-13(16)17)20(18,19)12-6-4-5-11(8-12)10(2)15/h4-6,8H,3,7,9H2,1-2H3,(H,16,17). The van der Waals surface area contributed by atoms with Crippen molar-refractivity contribution >= 4 is 21.8 Å². The number of rotatable bonds is 7. The quantitative estimate of drug-likeness (QED) is 0.768. The number of carboxylic acid groups (broad SMARTS) is 1. The summed E-state index contributed by atoms with van der Waals surface area (Å²) in [6.07, 6.45) is 0.499. The monoisotopic (exact) mass is 299 g/mol. The zero-order valence-corrected chi connectivity index (χ0v) is 12.2. The molecule has 0 aliphatic rings. The molecule has 0 saturated carbocycles. The molecular weight excluding hydrogens is 282 g/mol. The van der Waals surface area contributed by atoms with Crippen molar-refractivity contribution < 1.29 is 23.1 Å². The van der Waals surface area contributed by atoms with E-state index in [4.69, 9.17) is 5.11 Å². The number of sulfonamides is 1. The number of aliphatic carboxylic acids is 1. The number of hydrogen-bond donors (Lipinski definition) is 1. The predicted molar refractivity (Wildman–Crippen MR) is 73.1 cm³/mol. The SMILES string of the molecule is CCCN(CC(=O)O)S(=O)(=O)c1cccc(C(C)=O)c1. The van der Waals surface area contributed by atoms with Crippen molar-refractivity contribution in [2.45, 2.75) is 25.2 Å². The second kappa shape index (κ2) is 6.62. The molecule has 7 heteroatoms. The molecule has 0 atom stereocenters. The third-order valence-electron chi connectivity index (χ3n) is 2.66. The van der Waals surface area contributed by atoms with Gasteiger partial charge in [-0.25, -0.2) is 8.42 Å². The first-order chi connectivity index (χ1) is 9.28. The van der Waals surface area contributed by atoms with Crippen LogP contribution in [0, 0.1) is 0 Å². The van der Waals surface area contributed by atoms with Crippen LogP contribution >= 0.6 is 0 Å². The molecule has 0 aliphatic heterocycles. The molecule has 20 heavy (non-hydrogen) atoms. The van der Waals surface area contributed by atoms with Gasteiger partial charge in [0.1, 0.15) is 6.54 Å². The molecule has 0 heterocycles. The van der Waals surface area contributed by atoms with Gasteiger partial charge in [0, 0.05) is 12.1 Å². The van der Waals surface area contributed by atoms with E-state index in [1.54, 1.807) is 6.92 Å². The molecule has 6 nitrogen and oxygen atoms in total. The van der Waals surface area contributed by atoms with Gasteiger partial charge in [-0.05, 0) is 25.5 Å². The highest BCUT2D eigenvalue weighted by Gasteiger charge is 2.26. The average Bonchev–Trinajstić information content (AvgIpc) is 2.38. The van der Waals surface area contributed by atoms with E-state index in [9.17, 15) is 18.0 Å². The van der Waals surface area contributed by atoms with E-state index in [0.717, 1.165) is 4.31 Å². The van der Waals surface area contributed by atoms with Gasteiger partial charge in [-0.3, -0.25) is 9.59 Å². The number of carbonyl (C=O) groups excluding carboxylic acids is 1. The lowest BCUT2D eigenvalue weighted by atomic mass is 10.2. The largest absolute Gasteiger partial charge is 0.480 e. The van der Waals surface area contributed by atoms with E-state index in [1.807, 2.05) is 0 Å². The Morgan fingerprint density at radius 2 is 1.95 bits per heavy atom. The van der Waals surface area contributed by atoms with Gasteiger partial charge in [-0.2, -0.15) is 4.31 Å². The molecule has 0 bridgehead atoms. The Kier molecular flexibility index (Phi) is 5.41. The number of Topliss-reactive ketones (excluding diaryl/α,β-unsaturated/α-hetero) is 1. The summed E-state index contributed by atoms with van der Waals surface area (Å²) in [5.74, 6) is -1.47. The zero-order chi connectivity index (χ0) is 15.3. The lowest BCUT2D eigenvalue weighted by Gasteiger charge is -2.19. The first-order valence-electron chi connectivity index (χ1n) is 6.12. The molecule has 1 rings (SSSR count).